The van der Waals surface area contributed by atoms with Crippen LogP contribution in [-0.4, -0.2) is 56.0 Å². The van der Waals surface area contributed by atoms with E-state index in [1.165, 1.54) is 6.26 Å². The van der Waals surface area contributed by atoms with E-state index in [9.17, 15) is 8.42 Å². The molecule has 0 radical (unpaired) electrons. The first-order chi connectivity index (χ1) is 9.73. The number of guanidine groups is 1. The van der Waals surface area contributed by atoms with Crippen LogP contribution in [-0.2, 0) is 23.4 Å². The summed E-state index contributed by atoms with van der Waals surface area (Å²) in [5.41, 5.74) is 1.05. The molecule has 1 N–H and O–H groups in total. The number of halogens is 1. The Bertz CT molecular complexity index is 595. The van der Waals surface area contributed by atoms with E-state index in [2.05, 4.69) is 10.3 Å². The van der Waals surface area contributed by atoms with E-state index in [1.54, 1.807) is 0 Å². The van der Waals surface area contributed by atoms with Crippen molar-refractivity contribution in [3.8, 4) is 0 Å². The number of rotatable bonds is 6. The zero-order valence-electron chi connectivity index (χ0n) is 12.9. The molecule has 1 heterocycles. The van der Waals surface area contributed by atoms with Gasteiger partial charge in [0.2, 0.25) is 0 Å². The summed E-state index contributed by atoms with van der Waals surface area (Å²) in [5.74, 6) is 0.726. The average molecular weight is 335 g/mol. The van der Waals surface area contributed by atoms with Gasteiger partial charge in [-0.05, 0) is 13.0 Å². The second-order valence-electron chi connectivity index (χ2n) is 4.98. The minimum atomic E-state index is -3.00. The van der Waals surface area contributed by atoms with Crippen LogP contribution in [0.15, 0.2) is 17.3 Å². The molecule has 1 rings (SSSR count). The number of nitrogens with zero attached hydrogens (tertiary/aromatic N) is 3. The third-order valence-electron chi connectivity index (χ3n) is 2.89. The van der Waals surface area contributed by atoms with E-state index in [4.69, 9.17) is 11.6 Å². The lowest BCUT2D eigenvalue weighted by Gasteiger charge is -2.22. The Labute approximate surface area is 131 Å². The molecule has 1 aromatic heterocycles. The smallest absolute Gasteiger partial charge is 0.194 e. The van der Waals surface area contributed by atoms with Gasteiger partial charge in [-0.25, -0.2) is 8.42 Å². The van der Waals surface area contributed by atoms with Crippen molar-refractivity contribution in [1.29, 1.82) is 0 Å². The quantitative estimate of drug-likeness (QED) is 0.625. The lowest BCUT2D eigenvalue weighted by Crippen LogP contribution is -2.39. The molecule has 0 saturated heterocycles. The number of aromatic nitrogens is 1. The molecular formula is C13H23ClN4O2S. The minimum absolute atomic E-state index is 0.0473. The molecule has 0 aliphatic rings. The van der Waals surface area contributed by atoms with Gasteiger partial charge < -0.3 is 14.8 Å². The number of aliphatic imine (C=N–C) groups is 1. The highest BCUT2D eigenvalue weighted by Gasteiger charge is 2.10. The summed E-state index contributed by atoms with van der Waals surface area (Å²) in [5, 5.41) is 3.85. The predicted octanol–water partition coefficient (Wildman–Crippen LogP) is 1.12. The fourth-order valence-corrected chi connectivity index (χ4v) is 2.52. The van der Waals surface area contributed by atoms with Crippen molar-refractivity contribution in [3.63, 3.8) is 0 Å². The standard InChI is InChI=1S/C13H23ClN4O2S/c1-5-15-13(16-6-7-21(4,19)20)18(3)10-12-8-11(14)9-17(12)2/h8-9H,5-7,10H2,1-4H3,(H,15,16). The second-order valence-corrected chi connectivity index (χ2v) is 7.68. The van der Waals surface area contributed by atoms with Crippen LogP contribution in [0.5, 0.6) is 0 Å². The zero-order valence-corrected chi connectivity index (χ0v) is 14.5. The number of hydrogen-bond acceptors (Lipinski definition) is 3. The van der Waals surface area contributed by atoms with Gasteiger partial charge in [0, 0.05) is 38.8 Å². The normalized spacial score (nSPS) is 12.5. The molecule has 8 heteroatoms. The highest BCUT2D eigenvalue weighted by atomic mass is 35.5. The topological polar surface area (TPSA) is 66.7 Å². The third kappa shape index (κ3) is 6.39. The lowest BCUT2D eigenvalue weighted by atomic mass is 10.4. The minimum Gasteiger partial charge on any atom is -0.357 e. The van der Waals surface area contributed by atoms with Crippen molar-refractivity contribution in [2.24, 2.45) is 12.0 Å². The number of nitrogens with one attached hydrogen (secondary N) is 1. The number of aryl methyl sites for hydroxylation is 1. The van der Waals surface area contributed by atoms with Crippen LogP contribution in [0.25, 0.3) is 0 Å². The Morgan fingerprint density at radius 3 is 2.67 bits per heavy atom. The maximum atomic E-state index is 11.2. The summed E-state index contributed by atoms with van der Waals surface area (Å²) in [6.07, 6.45) is 3.06. The van der Waals surface area contributed by atoms with Crippen LogP contribution in [0.3, 0.4) is 0 Å². The van der Waals surface area contributed by atoms with Crippen LogP contribution in [0.1, 0.15) is 12.6 Å². The number of sulfone groups is 1. The largest absolute Gasteiger partial charge is 0.357 e. The van der Waals surface area contributed by atoms with Gasteiger partial charge in [0.05, 0.1) is 23.9 Å². The highest BCUT2D eigenvalue weighted by molar-refractivity contribution is 7.90. The van der Waals surface area contributed by atoms with Crippen LogP contribution < -0.4 is 5.32 Å². The van der Waals surface area contributed by atoms with Crippen molar-refractivity contribution in [2.45, 2.75) is 13.5 Å². The van der Waals surface area contributed by atoms with E-state index in [0.29, 0.717) is 17.5 Å². The van der Waals surface area contributed by atoms with Crippen molar-refractivity contribution in [3.05, 3.63) is 23.0 Å². The van der Waals surface area contributed by atoms with E-state index in [-0.39, 0.29) is 12.3 Å². The second kappa shape index (κ2) is 7.70. The molecule has 0 fully saturated rings. The molecule has 0 aliphatic heterocycles. The first-order valence-corrected chi connectivity index (χ1v) is 9.14. The van der Waals surface area contributed by atoms with Crippen LogP contribution in [0, 0.1) is 0 Å². The molecule has 21 heavy (non-hydrogen) atoms. The lowest BCUT2D eigenvalue weighted by molar-refractivity contribution is 0.462. The van der Waals surface area contributed by atoms with Gasteiger partial charge >= 0.3 is 0 Å². The number of hydrogen-bond donors (Lipinski definition) is 1. The molecule has 0 amide bonds. The Balaban J connectivity index is 2.74. The fourth-order valence-electron chi connectivity index (χ4n) is 1.83. The van der Waals surface area contributed by atoms with E-state index < -0.39 is 9.84 Å². The van der Waals surface area contributed by atoms with Crippen molar-refractivity contribution in [2.75, 3.05) is 32.1 Å². The monoisotopic (exact) mass is 334 g/mol. The Kier molecular flexibility index (Phi) is 6.54. The van der Waals surface area contributed by atoms with Gasteiger partial charge in [0.25, 0.3) is 0 Å². The summed E-state index contributed by atoms with van der Waals surface area (Å²) >= 11 is 5.97. The molecule has 1 aromatic rings. The summed E-state index contributed by atoms with van der Waals surface area (Å²) in [7, 11) is 0.841. The molecule has 120 valence electrons. The fraction of sp³-hybridized carbons (Fsp3) is 0.615. The molecule has 0 aromatic carbocycles. The van der Waals surface area contributed by atoms with E-state index in [0.717, 1.165) is 12.2 Å². The first-order valence-electron chi connectivity index (χ1n) is 6.71. The molecule has 0 saturated carbocycles. The van der Waals surface area contributed by atoms with Crippen LogP contribution in [0.2, 0.25) is 5.02 Å². The maximum absolute atomic E-state index is 11.2. The van der Waals surface area contributed by atoms with Crippen molar-refractivity contribution >= 4 is 27.4 Å². The van der Waals surface area contributed by atoms with Gasteiger partial charge in [-0.1, -0.05) is 11.6 Å². The SMILES string of the molecule is CCNC(=NCCS(C)(=O)=O)N(C)Cc1cc(Cl)cn1C. The van der Waals surface area contributed by atoms with Gasteiger partial charge in [-0.15, -0.1) is 0 Å². The highest BCUT2D eigenvalue weighted by Crippen LogP contribution is 2.14. The summed E-state index contributed by atoms with van der Waals surface area (Å²) in [4.78, 5) is 6.28. The zero-order chi connectivity index (χ0) is 16.0. The molecule has 6 nitrogen and oxygen atoms in total. The Morgan fingerprint density at radius 1 is 1.52 bits per heavy atom. The molecule has 0 spiro atoms. The molecule has 0 bridgehead atoms. The van der Waals surface area contributed by atoms with E-state index in [1.807, 2.05) is 42.7 Å². The van der Waals surface area contributed by atoms with E-state index >= 15 is 0 Å². The molecule has 0 atom stereocenters. The summed E-state index contributed by atoms with van der Waals surface area (Å²) < 4.78 is 24.3. The summed E-state index contributed by atoms with van der Waals surface area (Å²) in [6.45, 7) is 3.57. The average Bonchev–Trinajstić information content (AvgIpc) is 2.65. The maximum Gasteiger partial charge on any atom is 0.194 e. The third-order valence-corrected chi connectivity index (χ3v) is 4.02. The first kappa shape index (κ1) is 17.8. The van der Waals surface area contributed by atoms with Crippen molar-refractivity contribution < 1.29 is 8.42 Å². The Morgan fingerprint density at radius 2 is 2.19 bits per heavy atom. The van der Waals surface area contributed by atoms with Crippen LogP contribution in [0.4, 0.5) is 0 Å². The Hall–Kier alpha value is -1.21. The summed E-state index contributed by atoms with van der Waals surface area (Å²) in [6, 6.07) is 1.90. The van der Waals surface area contributed by atoms with Crippen LogP contribution >= 0.6 is 11.6 Å². The molecule has 0 unspecified atom stereocenters. The van der Waals surface area contributed by atoms with Gasteiger partial charge in [0.1, 0.15) is 9.84 Å². The van der Waals surface area contributed by atoms with Crippen molar-refractivity contribution in [1.82, 2.24) is 14.8 Å². The van der Waals surface area contributed by atoms with Gasteiger partial charge in [-0.2, -0.15) is 0 Å². The van der Waals surface area contributed by atoms with Gasteiger partial charge in [0.15, 0.2) is 5.96 Å². The molecule has 0 aliphatic carbocycles. The molecular weight excluding hydrogens is 312 g/mol. The van der Waals surface area contributed by atoms with Gasteiger partial charge in [-0.3, -0.25) is 4.99 Å². The predicted molar refractivity (Wildman–Crippen MR) is 87.6 cm³/mol.